The minimum Gasteiger partial charge on any atom is -0.312 e. The molecule has 86 valence electrons. The molecule has 2 aliphatic heterocycles. The zero-order valence-electron chi connectivity index (χ0n) is 9.03. The summed E-state index contributed by atoms with van der Waals surface area (Å²) in [5.41, 5.74) is 0. The maximum atomic E-state index is 3.59. The minimum absolute atomic E-state index is 0. The van der Waals surface area contributed by atoms with E-state index in [1.54, 1.807) is 0 Å². The number of fused-ring (bicyclic) bond motifs is 1. The van der Waals surface area contributed by atoms with E-state index in [0.29, 0.717) is 0 Å². The second-order valence-electron chi connectivity index (χ2n) is 4.32. The third-order valence-electron chi connectivity index (χ3n) is 3.61. The van der Waals surface area contributed by atoms with Gasteiger partial charge in [0.15, 0.2) is 0 Å². The van der Waals surface area contributed by atoms with Crippen molar-refractivity contribution in [1.29, 1.82) is 0 Å². The van der Waals surface area contributed by atoms with Crippen LogP contribution in [0.4, 0.5) is 0 Å². The number of rotatable bonds is 2. The first-order valence-corrected chi connectivity index (χ1v) is 5.28. The van der Waals surface area contributed by atoms with Gasteiger partial charge in [0.25, 0.3) is 0 Å². The monoisotopic (exact) mass is 240 g/mol. The zero-order valence-corrected chi connectivity index (χ0v) is 10.7. The molecule has 2 heterocycles. The lowest BCUT2D eigenvalue weighted by Gasteiger charge is -2.23. The molecule has 2 saturated heterocycles. The predicted octanol–water partition coefficient (Wildman–Crippen LogP) is 1.92. The van der Waals surface area contributed by atoms with Crippen LogP contribution in [0.1, 0.15) is 26.7 Å². The third kappa shape index (κ3) is 2.75. The molecule has 14 heavy (non-hydrogen) atoms. The van der Waals surface area contributed by atoms with Crippen molar-refractivity contribution >= 4 is 24.8 Å². The molecular weight excluding hydrogens is 219 g/mol. The van der Waals surface area contributed by atoms with Crippen LogP contribution < -0.4 is 5.32 Å². The van der Waals surface area contributed by atoms with Crippen molar-refractivity contribution in [3.05, 3.63) is 0 Å². The number of likely N-dealkylation sites (tertiary alicyclic amines) is 1. The van der Waals surface area contributed by atoms with Crippen LogP contribution in [0.5, 0.6) is 0 Å². The predicted molar refractivity (Wildman–Crippen MR) is 65.7 cm³/mol. The van der Waals surface area contributed by atoms with Gasteiger partial charge in [0.1, 0.15) is 0 Å². The lowest BCUT2D eigenvalue weighted by Crippen LogP contribution is -2.34. The van der Waals surface area contributed by atoms with Crippen molar-refractivity contribution in [3.63, 3.8) is 0 Å². The van der Waals surface area contributed by atoms with Gasteiger partial charge in [-0.2, -0.15) is 0 Å². The van der Waals surface area contributed by atoms with Crippen molar-refractivity contribution in [2.24, 2.45) is 5.92 Å². The lowest BCUT2D eigenvalue weighted by molar-refractivity contribution is 0.236. The zero-order chi connectivity index (χ0) is 8.55. The van der Waals surface area contributed by atoms with E-state index in [4.69, 9.17) is 0 Å². The number of hydrogen-bond donors (Lipinski definition) is 1. The maximum absolute atomic E-state index is 3.59. The Morgan fingerprint density at radius 1 is 1.36 bits per heavy atom. The Hall–Kier alpha value is 0.500. The van der Waals surface area contributed by atoms with Crippen molar-refractivity contribution in [2.75, 3.05) is 19.6 Å². The Morgan fingerprint density at radius 3 is 2.64 bits per heavy atom. The summed E-state index contributed by atoms with van der Waals surface area (Å²) < 4.78 is 0. The summed E-state index contributed by atoms with van der Waals surface area (Å²) in [6.45, 7) is 8.52. The summed E-state index contributed by atoms with van der Waals surface area (Å²) in [6, 6.07) is 1.61. The lowest BCUT2D eigenvalue weighted by atomic mass is 10.1. The van der Waals surface area contributed by atoms with Gasteiger partial charge in [-0.1, -0.05) is 6.92 Å². The summed E-state index contributed by atoms with van der Waals surface area (Å²) >= 11 is 0. The minimum atomic E-state index is 0. The van der Waals surface area contributed by atoms with Gasteiger partial charge in [0.05, 0.1) is 0 Å². The normalized spacial score (nSPS) is 33.0. The number of nitrogens with zero attached hydrogens (tertiary/aromatic N) is 1. The first-order chi connectivity index (χ1) is 5.81. The number of halogens is 2. The fraction of sp³-hybridized carbons (Fsp3) is 1.00. The Kier molecular flexibility index (Phi) is 6.38. The van der Waals surface area contributed by atoms with E-state index < -0.39 is 0 Å². The van der Waals surface area contributed by atoms with E-state index in [1.807, 2.05) is 0 Å². The van der Waals surface area contributed by atoms with E-state index >= 15 is 0 Å². The third-order valence-corrected chi connectivity index (χ3v) is 3.61. The van der Waals surface area contributed by atoms with Crippen LogP contribution in [0.15, 0.2) is 0 Å². The van der Waals surface area contributed by atoms with Crippen molar-refractivity contribution < 1.29 is 0 Å². The fourth-order valence-electron chi connectivity index (χ4n) is 2.50. The molecule has 2 aliphatic rings. The van der Waals surface area contributed by atoms with Gasteiger partial charge in [-0.25, -0.2) is 0 Å². The van der Waals surface area contributed by atoms with Gasteiger partial charge in [-0.3, -0.25) is 4.90 Å². The second-order valence-corrected chi connectivity index (χ2v) is 4.32. The van der Waals surface area contributed by atoms with Crippen molar-refractivity contribution in [1.82, 2.24) is 10.2 Å². The average Bonchev–Trinajstić information content (AvgIpc) is 2.60. The summed E-state index contributed by atoms with van der Waals surface area (Å²) in [5, 5.41) is 3.59. The molecule has 4 heteroatoms. The highest BCUT2D eigenvalue weighted by Gasteiger charge is 2.36. The molecule has 1 unspecified atom stereocenters. The summed E-state index contributed by atoms with van der Waals surface area (Å²) in [4.78, 5) is 2.64. The molecule has 0 aromatic carbocycles. The molecule has 2 nitrogen and oxygen atoms in total. The molecular formula is C10H22Cl2N2. The van der Waals surface area contributed by atoms with Gasteiger partial charge in [-0.15, -0.1) is 24.8 Å². The van der Waals surface area contributed by atoms with Gasteiger partial charge >= 0.3 is 0 Å². The fourth-order valence-corrected chi connectivity index (χ4v) is 2.50. The average molecular weight is 241 g/mol. The van der Waals surface area contributed by atoms with Crippen LogP contribution >= 0.6 is 24.8 Å². The largest absolute Gasteiger partial charge is 0.312 e. The topological polar surface area (TPSA) is 15.3 Å². The molecule has 0 bridgehead atoms. The van der Waals surface area contributed by atoms with Gasteiger partial charge < -0.3 is 5.32 Å². The quantitative estimate of drug-likeness (QED) is 0.794. The summed E-state index contributed by atoms with van der Waals surface area (Å²) in [5.74, 6) is 0.957. The van der Waals surface area contributed by atoms with Crippen LogP contribution in [-0.2, 0) is 0 Å². The Labute approximate surface area is 99.6 Å². The van der Waals surface area contributed by atoms with Crippen molar-refractivity contribution in [3.8, 4) is 0 Å². The first-order valence-electron chi connectivity index (χ1n) is 5.28. The molecule has 0 aromatic heterocycles. The molecule has 0 radical (unpaired) electrons. The molecule has 0 spiro atoms. The van der Waals surface area contributed by atoms with Crippen LogP contribution in [0.25, 0.3) is 0 Å². The Bertz CT molecular complexity index is 154. The molecule has 0 aliphatic carbocycles. The van der Waals surface area contributed by atoms with E-state index in [-0.39, 0.29) is 24.8 Å². The van der Waals surface area contributed by atoms with Gasteiger partial charge in [0, 0.05) is 25.2 Å². The SMILES string of the molecule is CCC(C)N1C[C@H]2CCN[C@H]2C1.Cl.Cl. The highest BCUT2D eigenvalue weighted by molar-refractivity contribution is 5.85. The molecule has 2 rings (SSSR count). The smallest absolute Gasteiger partial charge is 0.0236 e. The number of nitrogens with one attached hydrogen (secondary N) is 1. The second kappa shape index (κ2) is 6.16. The summed E-state index contributed by atoms with van der Waals surface area (Å²) in [6.07, 6.45) is 2.69. The highest BCUT2D eigenvalue weighted by Crippen LogP contribution is 2.26. The van der Waals surface area contributed by atoms with E-state index in [9.17, 15) is 0 Å². The molecule has 0 amide bonds. The van der Waals surface area contributed by atoms with Crippen molar-refractivity contribution in [2.45, 2.75) is 38.8 Å². The Morgan fingerprint density at radius 2 is 2.07 bits per heavy atom. The van der Waals surface area contributed by atoms with Gasteiger partial charge in [-0.05, 0) is 32.2 Å². The molecule has 3 atom stereocenters. The molecule has 2 fully saturated rings. The standard InChI is InChI=1S/C10H20N2.2ClH/c1-3-8(2)12-6-9-4-5-11-10(9)7-12;;/h8-11H,3-7H2,1-2H3;2*1H/t8?,9-,10+;;/m1../s1. The maximum Gasteiger partial charge on any atom is 0.0236 e. The van der Waals surface area contributed by atoms with Gasteiger partial charge in [0.2, 0.25) is 0 Å². The first kappa shape index (κ1) is 14.5. The van der Waals surface area contributed by atoms with Crippen LogP contribution in [0.3, 0.4) is 0 Å². The highest BCUT2D eigenvalue weighted by atomic mass is 35.5. The summed E-state index contributed by atoms with van der Waals surface area (Å²) in [7, 11) is 0. The van der Waals surface area contributed by atoms with Crippen LogP contribution in [-0.4, -0.2) is 36.6 Å². The van der Waals surface area contributed by atoms with E-state index in [1.165, 1.54) is 32.5 Å². The van der Waals surface area contributed by atoms with Crippen LogP contribution in [0.2, 0.25) is 0 Å². The van der Waals surface area contributed by atoms with E-state index in [0.717, 1.165) is 18.0 Å². The number of hydrogen-bond acceptors (Lipinski definition) is 2. The molecule has 0 saturated carbocycles. The Balaban J connectivity index is 0.000000845. The molecule has 0 aromatic rings. The van der Waals surface area contributed by atoms with E-state index in [2.05, 4.69) is 24.1 Å². The van der Waals surface area contributed by atoms with Crippen LogP contribution in [0, 0.1) is 5.92 Å². The molecule has 1 N–H and O–H groups in total.